The summed E-state index contributed by atoms with van der Waals surface area (Å²) in [5, 5.41) is 11.4. The molecule has 2 aromatic carbocycles. The van der Waals surface area contributed by atoms with Crippen LogP contribution in [0.5, 0.6) is 5.75 Å². The molecule has 1 aromatic heterocycles. The van der Waals surface area contributed by atoms with Crippen molar-refractivity contribution in [1.29, 1.82) is 0 Å². The van der Waals surface area contributed by atoms with Crippen LogP contribution >= 0.6 is 0 Å². The summed E-state index contributed by atoms with van der Waals surface area (Å²) in [7, 11) is 0. The summed E-state index contributed by atoms with van der Waals surface area (Å²) < 4.78 is 11.6. The Balaban J connectivity index is 1.42. The first kappa shape index (κ1) is 23.4. The minimum atomic E-state index is -0.873. The third-order valence-corrected chi connectivity index (χ3v) is 7.51. The first-order chi connectivity index (χ1) is 18.0. The van der Waals surface area contributed by atoms with E-state index in [0.717, 1.165) is 42.9 Å². The van der Waals surface area contributed by atoms with Crippen molar-refractivity contribution in [3.8, 4) is 5.75 Å². The molecule has 0 radical (unpaired) electrons. The molecule has 6 rings (SSSR count). The number of aliphatic hydroxyl groups excluding tert-OH is 1. The van der Waals surface area contributed by atoms with Crippen LogP contribution in [-0.4, -0.2) is 36.5 Å². The fraction of sp³-hybridized carbons (Fsp3) is 0.333. The van der Waals surface area contributed by atoms with Crippen LogP contribution in [0.25, 0.3) is 5.76 Å². The number of anilines is 2. The van der Waals surface area contributed by atoms with Gasteiger partial charge in [0.25, 0.3) is 11.7 Å². The lowest BCUT2D eigenvalue weighted by atomic mass is 9.96. The zero-order chi connectivity index (χ0) is 25.5. The minimum Gasteiger partial charge on any atom is -0.507 e. The van der Waals surface area contributed by atoms with E-state index in [0.29, 0.717) is 29.4 Å². The number of amides is 1. The Morgan fingerprint density at radius 2 is 1.68 bits per heavy atom. The summed E-state index contributed by atoms with van der Waals surface area (Å²) >= 11 is 0. The standard InChI is InChI=1S/C30H30N2O5/c1-19-7-13-25(37-19)27-26(28(33)21-8-14-24-20(18-21)6-5-17-36-24)29(34)30(35)32(27)23-11-9-22(10-12-23)31-15-3-2-4-16-31/h7-14,18,27,33H,2-6,15-17H2,1H3/b28-26-. The van der Waals surface area contributed by atoms with Gasteiger partial charge in [-0.3, -0.25) is 14.5 Å². The van der Waals surface area contributed by atoms with E-state index in [1.165, 1.54) is 24.2 Å². The number of hydrogen-bond donors (Lipinski definition) is 1. The second-order valence-electron chi connectivity index (χ2n) is 9.96. The van der Waals surface area contributed by atoms with Gasteiger partial charge in [-0.2, -0.15) is 0 Å². The molecule has 37 heavy (non-hydrogen) atoms. The van der Waals surface area contributed by atoms with Crippen LogP contribution in [0.2, 0.25) is 0 Å². The minimum absolute atomic E-state index is 0.0242. The van der Waals surface area contributed by atoms with Gasteiger partial charge in [0.1, 0.15) is 29.1 Å². The average molecular weight is 499 g/mol. The molecule has 4 heterocycles. The summed E-state index contributed by atoms with van der Waals surface area (Å²) in [5.74, 6) is 0.248. The number of benzene rings is 2. The highest BCUT2D eigenvalue weighted by atomic mass is 16.5. The fourth-order valence-corrected chi connectivity index (χ4v) is 5.61. The molecule has 0 saturated carbocycles. The molecule has 2 fully saturated rings. The second kappa shape index (κ2) is 9.47. The van der Waals surface area contributed by atoms with Crippen LogP contribution in [0.3, 0.4) is 0 Å². The van der Waals surface area contributed by atoms with E-state index >= 15 is 0 Å². The SMILES string of the molecule is Cc1ccc(C2/C(=C(/O)c3ccc4c(c3)CCCO4)C(=O)C(=O)N2c2ccc(N3CCCCC3)cc2)o1. The summed E-state index contributed by atoms with van der Waals surface area (Å²) in [6, 6.07) is 15.8. The summed E-state index contributed by atoms with van der Waals surface area (Å²) in [6.07, 6.45) is 5.31. The van der Waals surface area contributed by atoms with E-state index < -0.39 is 17.7 Å². The largest absolute Gasteiger partial charge is 0.507 e. The first-order valence-corrected chi connectivity index (χ1v) is 13.0. The van der Waals surface area contributed by atoms with E-state index in [9.17, 15) is 14.7 Å². The number of Topliss-reactive ketones (excluding diaryl/α,β-unsaturated/α-hetero) is 1. The quantitative estimate of drug-likeness (QED) is 0.289. The van der Waals surface area contributed by atoms with Crippen LogP contribution in [0.1, 0.15) is 54.4 Å². The Labute approximate surface area is 215 Å². The molecule has 3 aliphatic heterocycles. The number of aryl methyl sites for hydroxylation is 2. The van der Waals surface area contributed by atoms with Gasteiger partial charge in [-0.05, 0) is 99.2 Å². The van der Waals surface area contributed by atoms with Crippen LogP contribution in [0, 0.1) is 6.92 Å². The van der Waals surface area contributed by atoms with E-state index in [2.05, 4.69) is 4.90 Å². The third-order valence-electron chi connectivity index (χ3n) is 7.51. The van der Waals surface area contributed by atoms with Gasteiger partial charge in [-0.1, -0.05) is 0 Å². The van der Waals surface area contributed by atoms with Crippen LogP contribution in [0.4, 0.5) is 11.4 Å². The van der Waals surface area contributed by atoms with E-state index in [1.54, 1.807) is 18.2 Å². The van der Waals surface area contributed by atoms with Gasteiger partial charge in [0.2, 0.25) is 0 Å². The lowest BCUT2D eigenvalue weighted by Crippen LogP contribution is -2.30. The molecule has 0 spiro atoms. The van der Waals surface area contributed by atoms with Crippen molar-refractivity contribution in [2.24, 2.45) is 0 Å². The monoisotopic (exact) mass is 498 g/mol. The predicted molar refractivity (Wildman–Crippen MR) is 141 cm³/mol. The number of piperidine rings is 1. The second-order valence-corrected chi connectivity index (χ2v) is 9.96. The summed E-state index contributed by atoms with van der Waals surface area (Å²) in [6.45, 7) is 4.51. The number of aliphatic hydroxyl groups is 1. The number of carbonyl (C=O) groups is 2. The molecule has 7 nitrogen and oxygen atoms in total. The topological polar surface area (TPSA) is 83.2 Å². The molecule has 1 N–H and O–H groups in total. The molecule has 0 aliphatic carbocycles. The van der Waals surface area contributed by atoms with Gasteiger partial charge < -0.3 is 19.2 Å². The van der Waals surface area contributed by atoms with Crippen LogP contribution in [0.15, 0.2) is 64.6 Å². The van der Waals surface area contributed by atoms with Gasteiger partial charge in [-0.25, -0.2) is 0 Å². The molecular weight excluding hydrogens is 468 g/mol. The van der Waals surface area contributed by atoms with Crippen LogP contribution < -0.4 is 14.5 Å². The van der Waals surface area contributed by atoms with E-state index in [4.69, 9.17) is 9.15 Å². The maximum absolute atomic E-state index is 13.4. The Hall–Kier alpha value is -4.00. The molecule has 1 unspecified atom stereocenters. The molecule has 1 amide bonds. The molecule has 3 aliphatic rings. The molecule has 1 atom stereocenters. The third kappa shape index (κ3) is 4.18. The molecule has 7 heteroatoms. The highest BCUT2D eigenvalue weighted by Gasteiger charge is 2.48. The zero-order valence-corrected chi connectivity index (χ0v) is 20.9. The molecular formula is C30H30N2O5. The predicted octanol–water partition coefficient (Wildman–Crippen LogP) is 5.53. The summed E-state index contributed by atoms with van der Waals surface area (Å²) in [4.78, 5) is 30.6. The maximum Gasteiger partial charge on any atom is 0.300 e. The van der Waals surface area contributed by atoms with E-state index in [1.807, 2.05) is 43.3 Å². The van der Waals surface area contributed by atoms with Crippen LogP contribution in [-0.2, 0) is 16.0 Å². The van der Waals surface area contributed by atoms with Crippen molar-refractivity contribution in [3.05, 3.63) is 82.8 Å². The van der Waals surface area contributed by atoms with Crippen molar-refractivity contribution in [1.82, 2.24) is 0 Å². The number of rotatable bonds is 4. The number of carbonyl (C=O) groups excluding carboxylic acids is 2. The van der Waals surface area contributed by atoms with Gasteiger partial charge in [-0.15, -0.1) is 0 Å². The Morgan fingerprint density at radius 1 is 0.919 bits per heavy atom. The normalized spacial score (nSPS) is 21.2. The Kier molecular flexibility index (Phi) is 5.99. The number of fused-ring (bicyclic) bond motifs is 1. The maximum atomic E-state index is 13.4. The van der Waals surface area contributed by atoms with Gasteiger partial charge in [0, 0.05) is 30.0 Å². The molecule has 190 valence electrons. The molecule has 0 bridgehead atoms. The lowest BCUT2D eigenvalue weighted by Gasteiger charge is -2.29. The highest BCUT2D eigenvalue weighted by molar-refractivity contribution is 6.51. The zero-order valence-electron chi connectivity index (χ0n) is 20.9. The number of ether oxygens (including phenoxy) is 1. The van der Waals surface area contributed by atoms with Crippen molar-refractivity contribution in [2.45, 2.75) is 45.1 Å². The highest BCUT2D eigenvalue weighted by Crippen LogP contribution is 2.43. The van der Waals surface area contributed by atoms with Crippen molar-refractivity contribution in [3.63, 3.8) is 0 Å². The molecule has 3 aromatic rings. The van der Waals surface area contributed by atoms with Gasteiger partial charge in [0.15, 0.2) is 0 Å². The fourth-order valence-electron chi connectivity index (χ4n) is 5.61. The Bertz CT molecular complexity index is 1380. The van der Waals surface area contributed by atoms with Gasteiger partial charge >= 0.3 is 0 Å². The number of furan rings is 1. The van der Waals surface area contributed by atoms with Crippen molar-refractivity contribution < 1.29 is 23.8 Å². The smallest absolute Gasteiger partial charge is 0.300 e. The molecule has 2 saturated heterocycles. The number of ketones is 1. The first-order valence-electron chi connectivity index (χ1n) is 13.0. The van der Waals surface area contributed by atoms with Crippen molar-refractivity contribution >= 4 is 28.8 Å². The summed E-state index contributed by atoms with van der Waals surface area (Å²) in [5.41, 5.74) is 3.16. The lowest BCUT2D eigenvalue weighted by molar-refractivity contribution is -0.132. The number of hydrogen-bond acceptors (Lipinski definition) is 6. The number of nitrogens with zero attached hydrogens (tertiary/aromatic N) is 2. The van der Waals surface area contributed by atoms with Gasteiger partial charge in [0.05, 0.1) is 12.2 Å². The van der Waals surface area contributed by atoms with E-state index in [-0.39, 0.29) is 11.3 Å². The van der Waals surface area contributed by atoms with Crippen molar-refractivity contribution in [2.75, 3.05) is 29.5 Å². The average Bonchev–Trinajstić information content (AvgIpc) is 3.48. The Morgan fingerprint density at radius 3 is 2.41 bits per heavy atom.